The van der Waals surface area contributed by atoms with Crippen molar-refractivity contribution < 1.29 is 0 Å². The van der Waals surface area contributed by atoms with Crippen LogP contribution in [0.15, 0.2) is 36.8 Å². The van der Waals surface area contributed by atoms with Crippen molar-refractivity contribution in [3.05, 3.63) is 48.3 Å². The van der Waals surface area contributed by atoms with E-state index in [0.29, 0.717) is 0 Å². The summed E-state index contributed by atoms with van der Waals surface area (Å²) < 4.78 is 2.25. The van der Waals surface area contributed by atoms with Gasteiger partial charge < -0.3 is 9.55 Å². The average Bonchev–Trinajstić information content (AvgIpc) is 3.01. The highest BCUT2D eigenvalue weighted by atomic mass is 15.2. The van der Waals surface area contributed by atoms with Gasteiger partial charge in [0, 0.05) is 25.8 Å². The van der Waals surface area contributed by atoms with Crippen molar-refractivity contribution in [2.45, 2.75) is 26.1 Å². The van der Waals surface area contributed by atoms with Crippen molar-refractivity contribution in [2.75, 3.05) is 6.54 Å². The predicted octanol–water partition coefficient (Wildman–Crippen LogP) is 2.17. The van der Waals surface area contributed by atoms with Crippen molar-refractivity contribution >= 4 is 11.0 Å². The Labute approximate surface area is 117 Å². The summed E-state index contributed by atoms with van der Waals surface area (Å²) in [5, 5.41) is 0. The molecule has 20 heavy (non-hydrogen) atoms. The zero-order valence-electron chi connectivity index (χ0n) is 11.3. The highest BCUT2D eigenvalue weighted by Gasteiger charge is 2.15. The van der Waals surface area contributed by atoms with Gasteiger partial charge in [0.2, 0.25) is 0 Å². The third kappa shape index (κ3) is 2.10. The fourth-order valence-corrected chi connectivity index (χ4v) is 2.88. The predicted molar refractivity (Wildman–Crippen MR) is 77.1 cm³/mol. The molecule has 0 fully saturated rings. The number of nitrogens with zero attached hydrogens (tertiary/aromatic N) is 4. The minimum Gasteiger partial charge on any atom is -0.341 e. The van der Waals surface area contributed by atoms with Crippen LogP contribution in [0.3, 0.4) is 0 Å². The first kappa shape index (κ1) is 11.7. The Kier molecular flexibility index (Phi) is 2.77. The van der Waals surface area contributed by atoms with Crippen LogP contribution in [0.4, 0.5) is 0 Å². The molecule has 2 aromatic heterocycles. The van der Waals surface area contributed by atoms with Crippen LogP contribution in [-0.4, -0.2) is 31.0 Å². The summed E-state index contributed by atoms with van der Waals surface area (Å²) in [5.41, 5.74) is 3.45. The number of hydrogen-bond donors (Lipinski definition) is 1. The van der Waals surface area contributed by atoms with E-state index in [-0.39, 0.29) is 0 Å². The van der Waals surface area contributed by atoms with Gasteiger partial charge in [-0.3, -0.25) is 4.90 Å². The zero-order chi connectivity index (χ0) is 13.4. The van der Waals surface area contributed by atoms with E-state index < -0.39 is 0 Å². The minimum atomic E-state index is 0.861. The lowest BCUT2D eigenvalue weighted by atomic mass is 10.3. The van der Waals surface area contributed by atoms with Gasteiger partial charge in [0.05, 0.1) is 29.6 Å². The summed E-state index contributed by atoms with van der Waals surface area (Å²) in [7, 11) is 0. The lowest BCUT2D eigenvalue weighted by Gasteiger charge is -2.17. The molecule has 5 nitrogen and oxygen atoms in total. The smallest absolute Gasteiger partial charge is 0.121 e. The second-order valence-corrected chi connectivity index (χ2v) is 5.34. The third-order valence-corrected chi connectivity index (χ3v) is 3.87. The van der Waals surface area contributed by atoms with E-state index in [9.17, 15) is 0 Å². The SMILES string of the molecule is c1ccc2[nH]c(CN3CCCn4cncc4C3)nc2c1. The first-order chi connectivity index (χ1) is 9.88. The molecule has 3 heterocycles. The van der Waals surface area contributed by atoms with E-state index in [1.165, 1.54) is 5.69 Å². The monoisotopic (exact) mass is 267 g/mol. The first-order valence-corrected chi connectivity index (χ1v) is 7.03. The van der Waals surface area contributed by atoms with Crippen LogP contribution in [-0.2, 0) is 19.6 Å². The second-order valence-electron chi connectivity index (χ2n) is 5.34. The lowest BCUT2D eigenvalue weighted by molar-refractivity contribution is 0.255. The molecule has 0 bridgehead atoms. The zero-order valence-corrected chi connectivity index (χ0v) is 11.3. The van der Waals surface area contributed by atoms with E-state index in [2.05, 4.69) is 30.5 Å². The van der Waals surface area contributed by atoms with Crippen LogP contribution >= 0.6 is 0 Å². The number of imidazole rings is 2. The molecule has 0 aliphatic carbocycles. The van der Waals surface area contributed by atoms with E-state index in [0.717, 1.165) is 49.5 Å². The van der Waals surface area contributed by atoms with Crippen LogP contribution in [0.25, 0.3) is 11.0 Å². The van der Waals surface area contributed by atoms with Crippen LogP contribution < -0.4 is 0 Å². The Morgan fingerprint density at radius 2 is 2.15 bits per heavy atom. The lowest BCUT2D eigenvalue weighted by Crippen LogP contribution is -2.23. The number of rotatable bonds is 2. The summed E-state index contributed by atoms with van der Waals surface area (Å²) >= 11 is 0. The third-order valence-electron chi connectivity index (χ3n) is 3.87. The molecule has 0 spiro atoms. The first-order valence-electron chi connectivity index (χ1n) is 7.03. The van der Waals surface area contributed by atoms with Crippen LogP contribution in [0.2, 0.25) is 0 Å². The van der Waals surface area contributed by atoms with Crippen LogP contribution in [0.5, 0.6) is 0 Å². The molecule has 0 radical (unpaired) electrons. The summed E-state index contributed by atoms with van der Waals surface area (Å²) in [6.45, 7) is 3.96. The van der Waals surface area contributed by atoms with E-state index >= 15 is 0 Å². The minimum absolute atomic E-state index is 0.861. The van der Waals surface area contributed by atoms with Crippen molar-refractivity contribution in [2.24, 2.45) is 0 Å². The van der Waals surface area contributed by atoms with Gasteiger partial charge in [0.1, 0.15) is 5.82 Å². The number of H-pyrrole nitrogens is 1. The molecule has 0 amide bonds. The molecular weight excluding hydrogens is 250 g/mol. The van der Waals surface area contributed by atoms with Gasteiger partial charge in [0.15, 0.2) is 0 Å². The number of aromatic amines is 1. The van der Waals surface area contributed by atoms with Gasteiger partial charge in [-0.15, -0.1) is 0 Å². The van der Waals surface area contributed by atoms with Crippen LogP contribution in [0.1, 0.15) is 17.9 Å². The number of nitrogens with one attached hydrogen (secondary N) is 1. The molecule has 1 aliphatic heterocycles. The molecule has 102 valence electrons. The fraction of sp³-hybridized carbons (Fsp3) is 0.333. The standard InChI is InChI=1S/C15H17N5/c1-2-5-14-13(4-1)17-15(18-14)10-19-6-3-7-20-11-16-8-12(20)9-19/h1-2,4-5,8,11H,3,6-7,9-10H2,(H,17,18). The van der Waals surface area contributed by atoms with Crippen molar-refractivity contribution in [3.8, 4) is 0 Å². The number of benzene rings is 1. The number of fused-ring (bicyclic) bond motifs is 2. The second kappa shape index (κ2) is 4.76. The molecule has 1 aliphatic rings. The highest BCUT2D eigenvalue weighted by Crippen LogP contribution is 2.16. The largest absolute Gasteiger partial charge is 0.341 e. The van der Waals surface area contributed by atoms with Gasteiger partial charge in [-0.25, -0.2) is 9.97 Å². The molecule has 0 saturated heterocycles. The van der Waals surface area contributed by atoms with E-state index in [1.54, 1.807) is 0 Å². The van der Waals surface area contributed by atoms with Gasteiger partial charge in [-0.05, 0) is 18.6 Å². The average molecular weight is 267 g/mol. The van der Waals surface area contributed by atoms with Gasteiger partial charge in [-0.1, -0.05) is 12.1 Å². The number of hydrogen-bond acceptors (Lipinski definition) is 3. The normalized spacial score (nSPS) is 16.2. The van der Waals surface area contributed by atoms with Gasteiger partial charge >= 0.3 is 0 Å². The quantitative estimate of drug-likeness (QED) is 0.774. The molecule has 0 atom stereocenters. The van der Waals surface area contributed by atoms with Crippen molar-refractivity contribution in [1.82, 2.24) is 24.4 Å². The molecule has 0 unspecified atom stereocenters. The summed E-state index contributed by atoms with van der Waals surface area (Å²) in [4.78, 5) is 14.7. The Morgan fingerprint density at radius 3 is 3.10 bits per heavy atom. The number of para-hydroxylation sites is 2. The molecule has 3 aromatic rings. The van der Waals surface area contributed by atoms with Gasteiger partial charge in [0.25, 0.3) is 0 Å². The van der Waals surface area contributed by atoms with Gasteiger partial charge in [-0.2, -0.15) is 0 Å². The maximum Gasteiger partial charge on any atom is 0.121 e. The fourth-order valence-electron chi connectivity index (χ4n) is 2.88. The molecule has 0 saturated carbocycles. The Balaban J connectivity index is 1.56. The number of aryl methyl sites for hydroxylation is 1. The molecule has 4 rings (SSSR count). The Hall–Kier alpha value is -2.14. The van der Waals surface area contributed by atoms with Crippen LogP contribution in [0, 0.1) is 0 Å². The molecule has 1 N–H and O–H groups in total. The maximum atomic E-state index is 4.66. The van der Waals surface area contributed by atoms with E-state index in [4.69, 9.17) is 0 Å². The van der Waals surface area contributed by atoms with Crippen molar-refractivity contribution in [3.63, 3.8) is 0 Å². The Morgan fingerprint density at radius 1 is 1.20 bits per heavy atom. The Bertz CT molecular complexity index is 694. The molecule has 1 aromatic carbocycles. The summed E-state index contributed by atoms with van der Waals surface area (Å²) in [6, 6.07) is 8.18. The summed E-state index contributed by atoms with van der Waals surface area (Å²) in [6.07, 6.45) is 5.06. The topological polar surface area (TPSA) is 49.7 Å². The molecule has 5 heteroatoms. The van der Waals surface area contributed by atoms with E-state index in [1.807, 2.05) is 30.7 Å². The molecular formula is C15H17N5. The van der Waals surface area contributed by atoms with Crippen molar-refractivity contribution in [1.29, 1.82) is 0 Å². The summed E-state index contributed by atoms with van der Waals surface area (Å²) in [5.74, 6) is 1.04. The highest BCUT2D eigenvalue weighted by molar-refractivity contribution is 5.74. The number of aromatic nitrogens is 4. The maximum absolute atomic E-state index is 4.66.